The van der Waals surface area contributed by atoms with Gasteiger partial charge < -0.3 is 24.6 Å². The molecular weight excluding hydrogens is 394 g/mol. The zero-order chi connectivity index (χ0) is 22.5. The monoisotopic (exact) mass is 426 g/mol. The van der Waals surface area contributed by atoms with E-state index in [1.165, 1.54) is 5.56 Å². The van der Waals surface area contributed by atoms with E-state index in [2.05, 4.69) is 17.4 Å². The van der Waals surface area contributed by atoms with Crippen LogP contribution in [0.2, 0.25) is 0 Å². The number of fused-ring (bicyclic) bond motifs is 1. The lowest BCUT2D eigenvalue weighted by Crippen LogP contribution is -3.11. The summed E-state index contributed by atoms with van der Waals surface area (Å²) in [6.07, 6.45) is 0. The molecule has 1 aliphatic heterocycles. The number of benzene rings is 2. The third-order valence-corrected chi connectivity index (χ3v) is 5.31. The highest BCUT2D eigenvalue weighted by atomic mass is 16.6. The zero-order valence-corrected chi connectivity index (χ0v) is 19.0. The number of hydrogen-bond acceptors (Lipinski definition) is 4. The summed E-state index contributed by atoms with van der Waals surface area (Å²) >= 11 is 0. The Hall–Kier alpha value is -3.06. The molecule has 1 unspecified atom stereocenters. The summed E-state index contributed by atoms with van der Waals surface area (Å²) in [6, 6.07) is 9.83. The number of nitrogens with one attached hydrogen (secondary N) is 2. The molecule has 2 N–H and O–H groups in total. The van der Waals surface area contributed by atoms with Gasteiger partial charge in [0.2, 0.25) is 0 Å². The first-order valence-corrected chi connectivity index (χ1v) is 10.5. The number of carbonyl (C=O) groups excluding carboxylic acids is 2. The average Bonchev–Trinajstić information content (AvgIpc) is 2.70. The molecule has 3 rings (SSSR count). The number of amides is 2. The molecule has 7 heteroatoms. The van der Waals surface area contributed by atoms with Gasteiger partial charge in [-0.1, -0.05) is 23.8 Å². The molecule has 0 fully saturated rings. The maximum atomic E-state index is 12.6. The van der Waals surface area contributed by atoms with E-state index in [1.54, 1.807) is 11.9 Å². The van der Waals surface area contributed by atoms with Crippen LogP contribution in [0.3, 0.4) is 0 Å². The number of hydrogen-bond donors (Lipinski definition) is 2. The number of rotatable bonds is 7. The Morgan fingerprint density at radius 2 is 1.65 bits per heavy atom. The van der Waals surface area contributed by atoms with Crippen LogP contribution in [0.5, 0.6) is 11.5 Å². The van der Waals surface area contributed by atoms with Crippen LogP contribution in [0.15, 0.2) is 30.3 Å². The third-order valence-electron chi connectivity index (χ3n) is 5.31. The fraction of sp³-hybridized carbons (Fsp3) is 0.417. The van der Waals surface area contributed by atoms with Crippen molar-refractivity contribution >= 4 is 17.5 Å². The summed E-state index contributed by atoms with van der Waals surface area (Å²) in [6.45, 7) is 8.02. The lowest BCUT2D eigenvalue weighted by atomic mass is 10.1. The van der Waals surface area contributed by atoms with Gasteiger partial charge in [-0.15, -0.1) is 0 Å². The van der Waals surface area contributed by atoms with E-state index >= 15 is 0 Å². The van der Waals surface area contributed by atoms with Crippen LogP contribution in [0.1, 0.15) is 22.3 Å². The molecule has 0 saturated heterocycles. The van der Waals surface area contributed by atoms with E-state index in [9.17, 15) is 9.59 Å². The first-order valence-electron chi connectivity index (χ1n) is 10.5. The Morgan fingerprint density at radius 1 is 1.00 bits per heavy atom. The number of likely N-dealkylation sites (N-methyl/N-ethyl adjacent to an activating group) is 2. The minimum Gasteiger partial charge on any atom is -0.486 e. The van der Waals surface area contributed by atoms with Crippen molar-refractivity contribution in [3.63, 3.8) is 0 Å². The van der Waals surface area contributed by atoms with Crippen molar-refractivity contribution < 1.29 is 24.0 Å². The molecular formula is C24H32N3O4+. The molecule has 0 spiro atoms. The van der Waals surface area contributed by atoms with E-state index in [0.717, 1.165) is 33.0 Å². The van der Waals surface area contributed by atoms with E-state index in [0.29, 0.717) is 25.5 Å². The van der Waals surface area contributed by atoms with Crippen LogP contribution < -0.4 is 19.7 Å². The van der Waals surface area contributed by atoms with Crippen molar-refractivity contribution in [1.29, 1.82) is 0 Å². The largest absolute Gasteiger partial charge is 0.486 e. The second-order valence-electron chi connectivity index (χ2n) is 8.36. The Morgan fingerprint density at radius 3 is 2.32 bits per heavy atom. The van der Waals surface area contributed by atoms with Crippen molar-refractivity contribution in [2.24, 2.45) is 0 Å². The van der Waals surface area contributed by atoms with E-state index in [4.69, 9.17) is 9.47 Å². The van der Waals surface area contributed by atoms with Gasteiger partial charge in [0.1, 0.15) is 13.2 Å². The molecule has 0 radical (unpaired) electrons. The van der Waals surface area contributed by atoms with Crippen LogP contribution >= 0.6 is 0 Å². The molecule has 31 heavy (non-hydrogen) atoms. The maximum absolute atomic E-state index is 12.6. The smallest absolute Gasteiger partial charge is 0.279 e. The molecule has 2 aromatic carbocycles. The predicted molar refractivity (Wildman–Crippen MR) is 120 cm³/mol. The Bertz CT molecular complexity index is 950. The van der Waals surface area contributed by atoms with Crippen molar-refractivity contribution in [1.82, 2.24) is 4.90 Å². The first-order chi connectivity index (χ1) is 14.7. The van der Waals surface area contributed by atoms with Crippen LogP contribution in [-0.2, 0) is 16.1 Å². The molecule has 1 atom stereocenters. The van der Waals surface area contributed by atoms with Crippen LogP contribution in [-0.4, -0.2) is 57.1 Å². The highest BCUT2D eigenvalue weighted by Gasteiger charge is 2.19. The molecule has 7 nitrogen and oxygen atoms in total. The normalized spacial score (nSPS) is 13.5. The topological polar surface area (TPSA) is 72.3 Å². The van der Waals surface area contributed by atoms with E-state index in [1.807, 2.05) is 46.0 Å². The minimum atomic E-state index is -0.102. The lowest BCUT2D eigenvalue weighted by molar-refractivity contribution is -0.862. The summed E-state index contributed by atoms with van der Waals surface area (Å²) in [5.41, 5.74) is 5.08. The lowest BCUT2D eigenvalue weighted by Gasteiger charge is -2.22. The van der Waals surface area contributed by atoms with Gasteiger partial charge in [-0.25, -0.2) is 0 Å². The number of anilines is 1. The van der Waals surface area contributed by atoms with Gasteiger partial charge in [-0.3, -0.25) is 9.59 Å². The molecule has 0 saturated carbocycles. The van der Waals surface area contributed by atoms with Crippen molar-refractivity contribution in [2.45, 2.75) is 27.3 Å². The average molecular weight is 427 g/mol. The van der Waals surface area contributed by atoms with Crippen LogP contribution in [0, 0.1) is 20.8 Å². The third kappa shape index (κ3) is 5.98. The molecule has 166 valence electrons. The standard InChI is InChI=1S/C24H31N3O4/c1-16-10-17(2)24(18(3)11-16)25-22(28)14-26(4)15-23(29)27(5)13-19-6-7-20-21(12-19)31-9-8-30-20/h6-7,10-12H,8-9,13-15H2,1-5H3,(H,25,28)/p+1. The zero-order valence-electron chi connectivity index (χ0n) is 19.0. The maximum Gasteiger partial charge on any atom is 0.279 e. The summed E-state index contributed by atoms with van der Waals surface area (Å²) in [5.74, 6) is 1.32. The molecule has 0 aliphatic carbocycles. The van der Waals surface area contributed by atoms with Crippen molar-refractivity contribution in [3.8, 4) is 11.5 Å². The molecule has 1 heterocycles. The SMILES string of the molecule is Cc1cc(C)c(NC(=O)C[NH+](C)CC(=O)N(C)Cc2ccc3c(c2)OCCO3)c(C)c1. The molecule has 0 aromatic heterocycles. The van der Waals surface area contributed by atoms with Gasteiger partial charge >= 0.3 is 0 Å². The van der Waals surface area contributed by atoms with Crippen LogP contribution in [0.4, 0.5) is 5.69 Å². The quantitative estimate of drug-likeness (QED) is 0.704. The number of aryl methyl sites for hydroxylation is 3. The highest BCUT2D eigenvalue weighted by Crippen LogP contribution is 2.31. The van der Waals surface area contributed by atoms with Gasteiger partial charge in [-0.05, 0) is 49.6 Å². The Labute approximate surface area is 183 Å². The minimum absolute atomic E-state index is 0.0251. The summed E-state index contributed by atoms with van der Waals surface area (Å²) < 4.78 is 11.1. The summed E-state index contributed by atoms with van der Waals surface area (Å²) in [7, 11) is 3.62. The first kappa shape index (κ1) is 22.6. The van der Waals surface area contributed by atoms with E-state index in [-0.39, 0.29) is 24.9 Å². The van der Waals surface area contributed by atoms with Crippen molar-refractivity contribution in [2.75, 3.05) is 45.7 Å². The van der Waals surface area contributed by atoms with Gasteiger partial charge in [0.05, 0.1) is 7.05 Å². The number of carbonyl (C=O) groups is 2. The molecule has 1 aliphatic rings. The molecule has 2 aromatic rings. The van der Waals surface area contributed by atoms with Gasteiger partial charge in [0, 0.05) is 19.3 Å². The van der Waals surface area contributed by atoms with Gasteiger partial charge in [0.15, 0.2) is 24.6 Å². The predicted octanol–water partition coefficient (Wildman–Crippen LogP) is 1.49. The Balaban J connectivity index is 1.51. The van der Waals surface area contributed by atoms with Gasteiger partial charge in [0.25, 0.3) is 11.8 Å². The van der Waals surface area contributed by atoms with Crippen LogP contribution in [0.25, 0.3) is 0 Å². The second-order valence-corrected chi connectivity index (χ2v) is 8.36. The van der Waals surface area contributed by atoms with Crippen molar-refractivity contribution in [3.05, 3.63) is 52.6 Å². The number of nitrogens with zero attached hydrogens (tertiary/aromatic N) is 1. The van der Waals surface area contributed by atoms with E-state index < -0.39 is 0 Å². The highest BCUT2D eigenvalue weighted by molar-refractivity contribution is 5.93. The fourth-order valence-corrected chi connectivity index (χ4v) is 3.84. The Kier molecular flexibility index (Phi) is 7.17. The number of quaternary nitrogens is 1. The molecule has 0 bridgehead atoms. The molecule has 2 amide bonds. The van der Waals surface area contributed by atoms with Gasteiger partial charge in [-0.2, -0.15) is 0 Å². The summed E-state index contributed by atoms with van der Waals surface area (Å²) in [5, 5.41) is 3.00. The fourth-order valence-electron chi connectivity index (χ4n) is 3.84. The summed E-state index contributed by atoms with van der Waals surface area (Å²) in [4.78, 5) is 27.7. The number of ether oxygens (including phenoxy) is 2. The second kappa shape index (κ2) is 9.83.